The van der Waals surface area contributed by atoms with Crippen LogP contribution in [0.2, 0.25) is 0 Å². The lowest BCUT2D eigenvalue weighted by atomic mass is 10.1. The number of anilines is 1. The van der Waals surface area contributed by atoms with Crippen molar-refractivity contribution in [2.24, 2.45) is 5.92 Å². The molecule has 0 fully saturated rings. The van der Waals surface area contributed by atoms with Gasteiger partial charge < -0.3 is 5.73 Å². The Morgan fingerprint density at radius 2 is 2.06 bits per heavy atom. The van der Waals surface area contributed by atoms with E-state index in [0.29, 0.717) is 27.0 Å². The summed E-state index contributed by atoms with van der Waals surface area (Å²) in [5.41, 5.74) is 7.71. The molecule has 17 heavy (non-hydrogen) atoms. The van der Waals surface area contributed by atoms with Crippen molar-refractivity contribution in [2.75, 3.05) is 5.73 Å². The topological polar surface area (TPSA) is 38.9 Å². The minimum atomic E-state index is -0.341. The highest BCUT2D eigenvalue weighted by molar-refractivity contribution is 9.10. The highest BCUT2D eigenvalue weighted by Gasteiger charge is 2.10. The number of pyridine rings is 1. The van der Waals surface area contributed by atoms with E-state index in [2.05, 4.69) is 34.8 Å². The molecule has 0 aliphatic carbocycles. The van der Waals surface area contributed by atoms with E-state index in [1.165, 1.54) is 6.07 Å². The summed E-state index contributed by atoms with van der Waals surface area (Å²) in [6.07, 6.45) is 0.801. The Labute approximate surface area is 108 Å². The molecule has 0 bridgehead atoms. The summed E-state index contributed by atoms with van der Waals surface area (Å²) >= 11 is 3.25. The van der Waals surface area contributed by atoms with Crippen molar-refractivity contribution < 1.29 is 4.39 Å². The number of rotatable bonds is 2. The van der Waals surface area contributed by atoms with Gasteiger partial charge in [0.15, 0.2) is 5.82 Å². The molecule has 0 unspecified atom stereocenters. The number of hydrogen-bond acceptors (Lipinski definition) is 2. The van der Waals surface area contributed by atoms with E-state index in [4.69, 9.17) is 5.73 Å². The Balaban J connectivity index is 2.64. The molecule has 1 aromatic carbocycles. The van der Waals surface area contributed by atoms with Gasteiger partial charge in [0, 0.05) is 21.2 Å². The summed E-state index contributed by atoms with van der Waals surface area (Å²) in [5, 5.41) is 0.657. The van der Waals surface area contributed by atoms with Crippen molar-refractivity contribution in [1.82, 2.24) is 4.98 Å². The molecule has 4 heteroatoms. The first-order valence-corrected chi connectivity index (χ1v) is 6.31. The van der Waals surface area contributed by atoms with Crippen LogP contribution in [-0.2, 0) is 6.42 Å². The van der Waals surface area contributed by atoms with Gasteiger partial charge in [-0.3, -0.25) is 0 Å². The van der Waals surface area contributed by atoms with Gasteiger partial charge in [-0.25, -0.2) is 9.37 Å². The normalized spacial score (nSPS) is 11.4. The Bertz CT molecular complexity index is 567. The van der Waals surface area contributed by atoms with Gasteiger partial charge in [-0.05, 0) is 30.5 Å². The van der Waals surface area contributed by atoms with E-state index in [1.807, 2.05) is 6.07 Å². The van der Waals surface area contributed by atoms with Crippen LogP contribution < -0.4 is 5.73 Å². The number of benzene rings is 1. The van der Waals surface area contributed by atoms with E-state index < -0.39 is 0 Å². The average Bonchev–Trinajstić information content (AvgIpc) is 2.19. The molecular weight excluding hydrogens is 283 g/mol. The lowest BCUT2D eigenvalue weighted by Crippen LogP contribution is -2.01. The van der Waals surface area contributed by atoms with Crippen LogP contribution in [0, 0.1) is 11.7 Å². The number of aromatic nitrogens is 1. The van der Waals surface area contributed by atoms with Crippen LogP contribution in [0.4, 0.5) is 10.1 Å². The van der Waals surface area contributed by atoms with Crippen LogP contribution in [0.3, 0.4) is 0 Å². The molecular formula is C13H14BrFN2. The Hall–Kier alpha value is -1.16. The standard InChI is InChI=1S/C13H14BrFN2/c1-7(2)3-9-6-12(16)10-4-8(14)5-11(15)13(10)17-9/h4-7H,3H2,1-2H3,(H2,16,17). The van der Waals surface area contributed by atoms with Crippen LogP contribution in [0.5, 0.6) is 0 Å². The SMILES string of the molecule is CC(C)Cc1cc(N)c2cc(Br)cc(F)c2n1. The Kier molecular flexibility index (Phi) is 3.33. The van der Waals surface area contributed by atoms with Crippen LogP contribution in [0.25, 0.3) is 10.9 Å². The van der Waals surface area contributed by atoms with Gasteiger partial charge in [-0.2, -0.15) is 0 Å². The monoisotopic (exact) mass is 296 g/mol. The third-order valence-corrected chi connectivity index (χ3v) is 2.99. The first kappa shape index (κ1) is 12.3. The van der Waals surface area contributed by atoms with E-state index in [1.54, 1.807) is 6.07 Å². The molecule has 0 saturated carbocycles. The van der Waals surface area contributed by atoms with Gasteiger partial charge in [-0.15, -0.1) is 0 Å². The molecule has 0 amide bonds. The molecule has 0 radical (unpaired) electrons. The largest absolute Gasteiger partial charge is 0.398 e. The van der Waals surface area contributed by atoms with Crippen LogP contribution >= 0.6 is 15.9 Å². The molecule has 1 aromatic heterocycles. The fourth-order valence-corrected chi connectivity index (χ4v) is 2.29. The fraction of sp³-hybridized carbons (Fsp3) is 0.308. The molecule has 1 heterocycles. The maximum atomic E-state index is 13.8. The number of halogens is 2. The minimum Gasteiger partial charge on any atom is -0.398 e. The van der Waals surface area contributed by atoms with Crippen molar-refractivity contribution >= 4 is 32.5 Å². The molecule has 2 rings (SSSR count). The Morgan fingerprint density at radius 3 is 2.71 bits per heavy atom. The van der Waals surface area contributed by atoms with E-state index in [0.717, 1.165) is 12.1 Å². The second-order valence-corrected chi connectivity index (χ2v) is 5.50. The lowest BCUT2D eigenvalue weighted by Gasteiger charge is -2.09. The molecule has 90 valence electrons. The first-order chi connectivity index (χ1) is 7.97. The zero-order valence-electron chi connectivity index (χ0n) is 9.80. The van der Waals surface area contributed by atoms with Crippen molar-refractivity contribution in [2.45, 2.75) is 20.3 Å². The molecule has 0 aliphatic rings. The number of hydrogen-bond donors (Lipinski definition) is 1. The van der Waals surface area contributed by atoms with Gasteiger partial charge in [0.1, 0.15) is 5.52 Å². The molecule has 0 saturated heterocycles. The maximum Gasteiger partial charge on any atom is 0.150 e. The van der Waals surface area contributed by atoms with Crippen molar-refractivity contribution in [3.8, 4) is 0 Å². The minimum absolute atomic E-state index is 0.341. The molecule has 2 nitrogen and oxygen atoms in total. The number of fused-ring (bicyclic) bond motifs is 1. The fourth-order valence-electron chi connectivity index (χ4n) is 1.86. The lowest BCUT2D eigenvalue weighted by molar-refractivity contribution is 0.625. The highest BCUT2D eigenvalue weighted by Crippen LogP contribution is 2.27. The van der Waals surface area contributed by atoms with Gasteiger partial charge >= 0.3 is 0 Å². The van der Waals surface area contributed by atoms with Crippen LogP contribution in [0.1, 0.15) is 19.5 Å². The second kappa shape index (κ2) is 4.61. The van der Waals surface area contributed by atoms with Gasteiger partial charge in [0.05, 0.1) is 0 Å². The van der Waals surface area contributed by atoms with Crippen LogP contribution in [0.15, 0.2) is 22.7 Å². The van der Waals surface area contributed by atoms with Crippen molar-refractivity contribution in [1.29, 1.82) is 0 Å². The number of nitrogen functional groups attached to an aromatic ring is 1. The zero-order chi connectivity index (χ0) is 12.6. The van der Waals surface area contributed by atoms with Crippen molar-refractivity contribution in [3.63, 3.8) is 0 Å². The quantitative estimate of drug-likeness (QED) is 0.912. The summed E-state index contributed by atoms with van der Waals surface area (Å²) in [5.74, 6) is 0.129. The molecule has 2 aromatic rings. The molecule has 2 N–H and O–H groups in total. The molecule has 0 atom stereocenters. The summed E-state index contributed by atoms with van der Waals surface area (Å²) in [7, 11) is 0. The smallest absolute Gasteiger partial charge is 0.150 e. The van der Waals surface area contributed by atoms with E-state index >= 15 is 0 Å². The predicted molar refractivity (Wildman–Crippen MR) is 72.4 cm³/mol. The summed E-state index contributed by atoms with van der Waals surface area (Å²) in [4.78, 5) is 4.34. The van der Waals surface area contributed by atoms with Gasteiger partial charge in [-0.1, -0.05) is 29.8 Å². The summed E-state index contributed by atoms with van der Waals surface area (Å²) < 4.78 is 14.5. The maximum absolute atomic E-state index is 13.8. The van der Waals surface area contributed by atoms with Gasteiger partial charge in [0.2, 0.25) is 0 Å². The third-order valence-electron chi connectivity index (χ3n) is 2.53. The van der Waals surface area contributed by atoms with Gasteiger partial charge in [0.25, 0.3) is 0 Å². The van der Waals surface area contributed by atoms with Crippen molar-refractivity contribution in [3.05, 3.63) is 34.2 Å². The first-order valence-electron chi connectivity index (χ1n) is 5.51. The second-order valence-electron chi connectivity index (χ2n) is 4.58. The van der Waals surface area contributed by atoms with Crippen LogP contribution in [-0.4, -0.2) is 4.98 Å². The molecule has 0 aliphatic heterocycles. The number of nitrogens with zero attached hydrogens (tertiary/aromatic N) is 1. The zero-order valence-corrected chi connectivity index (χ0v) is 11.4. The number of nitrogens with two attached hydrogens (primary N) is 1. The Morgan fingerprint density at radius 1 is 1.35 bits per heavy atom. The third kappa shape index (κ3) is 2.57. The van der Waals surface area contributed by atoms with E-state index in [-0.39, 0.29) is 5.82 Å². The predicted octanol–water partition coefficient (Wildman–Crippen LogP) is 3.92. The summed E-state index contributed by atoms with van der Waals surface area (Å²) in [6.45, 7) is 4.19. The summed E-state index contributed by atoms with van der Waals surface area (Å²) in [6, 6.07) is 5.03. The molecule has 0 spiro atoms. The van der Waals surface area contributed by atoms with E-state index in [9.17, 15) is 4.39 Å². The highest BCUT2D eigenvalue weighted by atomic mass is 79.9. The average molecular weight is 297 g/mol.